The van der Waals surface area contributed by atoms with Crippen LogP contribution in [0.4, 0.5) is 0 Å². The summed E-state index contributed by atoms with van der Waals surface area (Å²) in [6.07, 6.45) is 9.14. The van der Waals surface area contributed by atoms with Crippen molar-refractivity contribution in [1.29, 1.82) is 0 Å². The van der Waals surface area contributed by atoms with E-state index in [4.69, 9.17) is 0 Å². The molecular formula is C17H26BrNO2. The van der Waals surface area contributed by atoms with E-state index in [0.717, 1.165) is 31.0 Å². The van der Waals surface area contributed by atoms with Crippen LogP contribution in [0.25, 0.3) is 0 Å². The maximum absolute atomic E-state index is 12.7. The van der Waals surface area contributed by atoms with Crippen LogP contribution in [-0.4, -0.2) is 28.6 Å². The van der Waals surface area contributed by atoms with Crippen molar-refractivity contribution in [2.24, 2.45) is 23.2 Å². The largest absolute Gasteiger partial charge is 0.282 e. The number of alkyl halides is 1. The van der Waals surface area contributed by atoms with E-state index in [0.29, 0.717) is 12.5 Å². The van der Waals surface area contributed by atoms with Gasteiger partial charge in [-0.1, -0.05) is 48.5 Å². The van der Waals surface area contributed by atoms with Gasteiger partial charge in [0, 0.05) is 11.9 Å². The highest BCUT2D eigenvalue weighted by molar-refractivity contribution is 9.09. The van der Waals surface area contributed by atoms with Crippen LogP contribution < -0.4 is 0 Å². The van der Waals surface area contributed by atoms with Crippen molar-refractivity contribution >= 4 is 27.7 Å². The monoisotopic (exact) mass is 355 g/mol. The molecule has 1 heterocycles. The van der Waals surface area contributed by atoms with Gasteiger partial charge in [-0.2, -0.15) is 0 Å². The molecule has 2 unspecified atom stereocenters. The molecule has 2 atom stereocenters. The van der Waals surface area contributed by atoms with Crippen molar-refractivity contribution in [3.05, 3.63) is 0 Å². The van der Waals surface area contributed by atoms with Crippen molar-refractivity contribution < 1.29 is 9.59 Å². The summed E-state index contributed by atoms with van der Waals surface area (Å²) in [5.74, 6) is 0.757. The van der Waals surface area contributed by atoms with Crippen LogP contribution in [0.2, 0.25) is 0 Å². The third kappa shape index (κ3) is 2.80. The molecule has 0 aromatic carbocycles. The number of likely N-dealkylation sites (tertiary alicyclic amines) is 1. The smallest absolute Gasteiger partial charge is 0.233 e. The predicted octanol–water partition coefficient (Wildman–Crippen LogP) is 3.75. The van der Waals surface area contributed by atoms with Gasteiger partial charge in [-0.3, -0.25) is 14.5 Å². The number of fused-ring (bicyclic) bond motifs is 1. The van der Waals surface area contributed by atoms with Crippen LogP contribution in [0.1, 0.15) is 58.3 Å². The second kappa shape index (κ2) is 6.02. The molecule has 2 aliphatic carbocycles. The van der Waals surface area contributed by atoms with E-state index in [1.165, 1.54) is 25.7 Å². The first-order valence-electron chi connectivity index (χ1n) is 8.47. The van der Waals surface area contributed by atoms with Gasteiger partial charge in [0.25, 0.3) is 0 Å². The number of hydrogen-bond acceptors (Lipinski definition) is 2. The lowest BCUT2D eigenvalue weighted by Crippen LogP contribution is -2.43. The molecule has 0 aromatic rings. The van der Waals surface area contributed by atoms with Crippen LogP contribution in [0.15, 0.2) is 0 Å². The average Bonchev–Trinajstić information content (AvgIpc) is 2.83. The highest BCUT2D eigenvalue weighted by Crippen LogP contribution is 2.45. The van der Waals surface area contributed by atoms with Crippen molar-refractivity contribution in [2.45, 2.75) is 58.3 Å². The summed E-state index contributed by atoms with van der Waals surface area (Å²) in [5, 5.41) is 0.906. The zero-order chi connectivity index (χ0) is 15.0. The number of hydrogen-bond donors (Lipinski definition) is 0. The van der Waals surface area contributed by atoms with Gasteiger partial charge in [-0.25, -0.2) is 0 Å². The van der Waals surface area contributed by atoms with E-state index in [-0.39, 0.29) is 29.1 Å². The fraction of sp³-hybridized carbons (Fsp3) is 0.882. The van der Waals surface area contributed by atoms with E-state index in [2.05, 4.69) is 22.9 Å². The first-order valence-corrected chi connectivity index (χ1v) is 9.60. The average molecular weight is 356 g/mol. The fourth-order valence-corrected chi connectivity index (χ4v) is 5.39. The van der Waals surface area contributed by atoms with Crippen molar-refractivity contribution in [2.75, 3.05) is 11.9 Å². The van der Waals surface area contributed by atoms with E-state index < -0.39 is 0 Å². The van der Waals surface area contributed by atoms with Gasteiger partial charge in [0.1, 0.15) is 0 Å². The molecule has 4 heteroatoms. The molecule has 0 radical (unpaired) electrons. The molecular weight excluding hydrogens is 330 g/mol. The number of carbonyl (C=O) groups excluding carboxylic acids is 2. The molecule has 118 valence electrons. The Balaban J connectivity index is 1.75. The molecule has 2 amide bonds. The Kier molecular flexibility index (Phi) is 4.45. The van der Waals surface area contributed by atoms with Crippen LogP contribution in [0, 0.1) is 23.2 Å². The van der Waals surface area contributed by atoms with Gasteiger partial charge in [0.15, 0.2) is 0 Å². The minimum absolute atomic E-state index is 0.00865. The minimum Gasteiger partial charge on any atom is -0.282 e. The molecule has 1 saturated heterocycles. The highest BCUT2D eigenvalue weighted by atomic mass is 79.9. The van der Waals surface area contributed by atoms with Crippen LogP contribution in [0.3, 0.4) is 0 Å². The van der Waals surface area contributed by atoms with Crippen LogP contribution >= 0.6 is 15.9 Å². The third-order valence-electron chi connectivity index (χ3n) is 5.91. The van der Waals surface area contributed by atoms with Crippen molar-refractivity contribution in [3.8, 4) is 0 Å². The standard InChI is InChI=1S/C17H26BrNO2/c1-12-8-13-14(9-12)16(21)19(15(13)20)11-17(10-18)6-4-2-3-5-7-17/h12-14H,2-11H2,1H3. The number of imide groups is 1. The summed E-state index contributed by atoms with van der Waals surface area (Å²) in [7, 11) is 0. The molecule has 2 saturated carbocycles. The number of halogens is 1. The summed E-state index contributed by atoms with van der Waals surface area (Å²) in [4.78, 5) is 26.9. The van der Waals surface area contributed by atoms with Crippen LogP contribution in [0.5, 0.6) is 0 Å². The fourth-order valence-electron chi connectivity index (χ4n) is 4.65. The number of rotatable bonds is 3. The molecule has 21 heavy (non-hydrogen) atoms. The maximum Gasteiger partial charge on any atom is 0.233 e. The van der Waals surface area contributed by atoms with E-state index in [9.17, 15) is 9.59 Å². The Morgan fingerprint density at radius 2 is 1.57 bits per heavy atom. The zero-order valence-electron chi connectivity index (χ0n) is 12.9. The second-order valence-corrected chi connectivity index (χ2v) is 8.16. The highest BCUT2D eigenvalue weighted by Gasteiger charge is 2.53. The molecule has 3 fully saturated rings. The summed E-state index contributed by atoms with van der Waals surface area (Å²) in [6, 6.07) is 0. The van der Waals surface area contributed by atoms with Crippen molar-refractivity contribution in [3.63, 3.8) is 0 Å². The minimum atomic E-state index is -0.00865. The third-order valence-corrected chi connectivity index (χ3v) is 7.10. The van der Waals surface area contributed by atoms with Gasteiger partial charge >= 0.3 is 0 Å². The lowest BCUT2D eigenvalue weighted by molar-refractivity contribution is -0.142. The van der Waals surface area contributed by atoms with Gasteiger partial charge in [-0.05, 0) is 37.0 Å². The van der Waals surface area contributed by atoms with Gasteiger partial charge < -0.3 is 0 Å². The number of carbonyl (C=O) groups is 2. The first kappa shape index (κ1) is 15.5. The maximum atomic E-state index is 12.7. The predicted molar refractivity (Wildman–Crippen MR) is 86.0 cm³/mol. The Hall–Kier alpha value is -0.380. The molecule has 3 rings (SSSR count). The normalized spacial score (nSPS) is 35.9. The molecule has 3 aliphatic rings. The van der Waals surface area contributed by atoms with Crippen molar-refractivity contribution in [1.82, 2.24) is 4.90 Å². The van der Waals surface area contributed by atoms with Gasteiger partial charge in [0.05, 0.1) is 11.8 Å². The summed E-state index contributed by atoms with van der Waals surface area (Å²) in [5.41, 5.74) is 0.117. The Morgan fingerprint density at radius 3 is 2.05 bits per heavy atom. The van der Waals surface area contributed by atoms with E-state index in [1.807, 2.05) is 0 Å². The quantitative estimate of drug-likeness (QED) is 0.439. The molecule has 1 aliphatic heterocycles. The Bertz CT molecular complexity index is 405. The topological polar surface area (TPSA) is 37.4 Å². The second-order valence-electron chi connectivity index (χ2n) is 7.60. The van der Waals surface area contributed by atoms with Gasteiger partial charge in [-0.15, -0.1) is 0 Å². The molecule has 0 bridgehead atoms. The first-order chi connectivity index (χ1) is 10.1. The van der Waals surface area contributed by atoms with Gasteiger partial charge in [0.2, 0.25) is 11.8 Å². The summed E-state index contributed by atoms with van der Waals surface area (Å²) < 4.78 is 0. The Labute approximate surface area is 136 Å². The molecule has 0 spiro atoms. The number of nitrogens with zero attached hydrogens (tertiary/aromatic N) is 1. The zero-order valence-corrected chi connectivity index (χ0v) is 14.5. The number of amides is 2. The lowest BCUT2D eigenvalue weighted by Gasteiger charge is -2.34. The summed E-state index contributed by atoms with van der Waals surface area (Å²) >= 11 is 3.67. The van der Waals surface area contributed by atoms with Crippen LogP contribution in [-0.2, 0) is 9.59 Å². The van der Waals surface area contributed by atoms with E-state index >= 15 is 0 Å². The van der Waals surface area contributed by atoms with E-state index in [1.54, 1.807) is 4.90 Å². The lowest BCUT2D eigenvalue weighted by atomic mass is 9.82. The Morgan fingerprint density at radius 1 is 1.05 bits per heavy atom. The molecule has 0 N–H and O–H groups in total. The molecule has 0 aromatic heterocycles. The summed E-state index contributed by atoms with van der Waals surface area (Å²) in [6.45, 7) is 2.81. The SMILES string of the molecule is CC1CC2C(=O)N(CC3(CBr)CCCCCC3)C(=O)C2C1. The molecule has 3 nitrogen and oxygen atoms in total.